The average Bonchev–Trinajstić information content (AvgIpc) is 3.25. The fraction of sp³-hybridized carbons (Fsp3) is 0.611. The number of amides is 1. The largest absolute Gasteiger partial charge is 0.374 e. The highest BCUT2D eigenvalue weighted by molar-refractivity contribution is 5.94. The van der Waals surface area contributed by atoms with Crippen molar-refractivity contribution in [3.63, 3.8) is 0 Å². The van der Waals surface area contributed by atoms with Crippen LogP contribution in [0.2, 0.25) is 0 Å². The van der Waals surface area contributed by atoms with Crippen LogP contribution in [0, 0.1) is 0 Å². The Morgan fingerprint density at radius 3 is 2.57 bits per heavy atom. The smallest absolute Gasteiger partial charge is 0.253 e. The topological polar surface area (TPSA) is 73.6 Å². The molecule has 2 aliphatic rings. The quantitative estimate of drug-likeness (QED) is 0.845. The van der Waals surface area contributed by atoms with Gasteiger partial charge < -0.3 is 20.5 Å². The van der Waals surface area contributed by atoms with Crippen molar-refractivity contribution >= 4 is 11.6 Å². The van der Waals surface area contributed by atoms with E-state index >= 15 is 0 Å². The van der Waals surface area contributed by atoms with Crippen LogP contribution in [0.3, 0.4) is 0 Å². The minimum absolute atomic E-state index is 0.0147. The summed E-state index contributed by atoms with van der Waals surface area (Å²) in [6.07, 6.45) is 6.57. The van der Waals surface area contributed by atoms with Gasteiger partial charge in [-0.3, -0.25) is 4.79 Å². The lowest BCUT2D eigenvalue weighted by atomic mass is 10.1. The second kappa shape index (κ2) is 7.90. The van der Waals surface area contributed by atoms with Crippen LogP contribution in [-0.4, -0.2) is 30.8 Å². The summed E-state index contributed by atoms with van der Waals surface area (Å²) in [5.41, 5.74) is 7.50. The molecular formula is C18H26N2O3. The van der Waals surface area contributed by atoms with E-state index in [0.29, 0.717) is 19.3 Å². The molecule has 3 N–H and O–H groups in total. The Morgan fingerprint density at radius 1 is 1.17 bits per heavy atom. The Kier molecular flexibility index (Phi) is 5.65. The first-order valence-electron chi connectivity index (χ1n) is 8.61. The molecule has 1 aliphatic carbocycles. The average molecular weight is 318 g/mol. The number of anilines is 1. The number of carbonyl (C=O) groups excluding carboxylic acids is 1. The number of hydrogen-bond donors (Lipinski definition) is 2. The number of nitrogens with one attached hydrogen (secondary N) is 1. The van der Waals surface area contributed by atoms with Gasteiger partial charge in [0.25, 0.3) is 5.91 Å². The highest BCUT2D eigenvalue weighted by atomic mass is 16.5. The molecule has 1 aromatic carbocycles. The highest BCUT2D eigenvalue weighted by Gasteiger charge is 2.29. The van der Waals surface area contributed by atoms with Crippen LogP contribution in [0.5, 0.6) is 0 Å². The van der Waals surface area contributed by atoms with Crippen LogP contribution in [0.1, 0.15) is 44.1 Å². The molecule has 0 unspecified atom stereocenters. The van der Waals surface area contributed by atoms with Crippen molar-refractivity contribution in [3.05, 3.63) is 29.8 Å². The summed E-state index contributed by atoms with van der Waals surface area (Å²) in [6.45, 7) is 1.11. The Hall–Kier alpha value is -1.43. The fourth-order valence-corrected chi connectivity index (χ4v) is 3.25. The lowest BCUT2D eigenvalue weighted by Crippen LogP contribution is -2.29. The van der Waals surface area contributed by atoms with E-state index in [2.05, 4.69) is 5.32 Å². The monoisotopic (exact) mass is 318 g/mol. The van der Waals surface area contributed by atoms with Crippen molar-refractivity contribution < 1.29 is 14.3 Å². The van der Waals surface area contributed by atoms with E-state index in [-0.39, 0.29) is 18.1 Å². The van der Waals surface area contributed by atoms with Gasteiger partial charge in [-0.05, 0) is 43.4 Å². The molecule has 1 amide bonds. The second-order valence-electron chi connectivity index (χ2n) is 6.46. The molecule has 0 aromatic heterocycles. The molecule has 1 saturated carbocycles. The summed E-state index contributed by atoms with van der Waals surface area (Å²) < 4.78 is 11.5. The predicted molar refractivity (Wildman–Crippen MR) is 89.1 cm³/mol. The van der Waals surface area contributed by atoms with Gasteiger partial charge in [-0.15, -0.1) is 0 Å². The molecule has 0 spiro atoms. The van der Waals surface area contributed by atoms with E-state index in [4.69, 9.17) is 15.2 Å². The van der Waals surface area contributed by atoms with Crippen LogP contribution in [0.25, 0.3) is 0 Å². The number of benzene rings is 1. The van der Waals surface area contributed by atoms with Gasteiger partial charge in [0, 0.05) is 12.2 Å². The lowest BCUT2D eigenvalue weighted by molar-refractivity contribution is -0.126. The number of ether oxygens (including phenoxy) is 2. The first kappa shape index (κ1) is 16.4. The second-order valence-corrected chi connectivity index (χ2v) is 6.46. The number of rotatable bonds is 6. The van der Waals surface area contributed by atoms with Crippen LogP contribution in [0.4, 0.5) is 5.69 Å². The zero-order valence-corrected chi connectivity index (χ0v) is 13.5. The van der Waals surface area contributed by atoms with Gasteiger partial charge in [-0.2, -0.15) is 0 Å². The zero-order chi connectivity index (χ0) is 16.1. The van der Waals surface area contributed by atoms with E-state index in [1.165, 1.54) is 25.7 Å². The molecule has 5 nitrogen and oxygen atoms in total. The van der Waals surface area contributed by atoms with Gasteiger partial charge in [0.05, 0.1) is 18.8 Å². The number of nitrogens with two attached hydrogens (primary N) is 1. The lowest BCUT2D eigenvalue weighted by Gasteiger charge is -2.14. The first-order chi connectivity index (χ1) is 11.2. The van der Waals surface area contributed by atoms with Crippen molar-refractivity contribution in [2.24, 2.45) is 5.73 Å². The molecule has 3 rings (SSSR count). The molecular weight excluding hydrogens is 292 g/mol. The zero-order valence-electron chi connectivity index (χ0n) is 13.5. The SMILES string of the molecule is NC[C@H]1CC[C@@H](C(=O)Nc2ccc(COC3CCCC3)cc2)O1. The summed E-state index contributed by atoms with van der Waals surface area (Å²) in [5, 5.41) is 2.91. The minimum Gasteiger partial charge on any atom is -0.374 e. The third-order valence-corrected chi connectivity index (χ3v) is 4.67. The maximum absolute atomic E-state index is 12.2. The van der Waals surface area contributed by atoms with Gasteiger partial charge in [0.2, 0.25) is 0 Å². The highest BCUT2D eigenvalue weighted by Crippen LogP contribution is 2.23. The van der Waals surface area contributed by atoms with Crippen LogP contribution >= 0.6 is 0 Å². The van der Waals surface area contributed by atoms with Crippen LogP contribution in [-0.2, 0) is 20.9 Å². The summed E-state index contributed by atoms with van der Waals surface area (Å²) in [6, 6.07) is 7.84. The molecule has 1 saturated heterocycles. The third kappa shape index (κ3) is 4.53. The minimum atomic E-state index is -0.381. The normalized spacial score (nSPS) is 24.9. The maximum atomic E-state index is 12.2. The summed E-state index contributed by atoms with van der Waals surface area (Å²) in [7, 11) is 0. The van der Waals surface area contributed by atoms with Crippen molar-refractivity contribution in [2.45, 2.75) is 63.4 Å². The summed E-state index contributed by atoms with van der Waals surface area (Å²) in [4.78, 5) is 12.2. The van der Waals surface area contributed by atoms with Crippen LogP contribution in [0.15, 0.2) is 24.3 Å². The van der Waals surface area contributed by atoms with Crippen molar-refractivity contribution in [1.29, 1.82) is 0 Å². The number of hydrogen-bond acceptors (Lipinski definition) is 4. The Balaban J connectivity index is 1.46. The predicted octanol–water partition coefficient (Wildman–Crippen LogP) is 2.59. The molecule has 5 heteroatoms. The summed E-state index contributed by atoms with van der Waals surface area (Å²) >= 11 is 0. The van der Waals surface area contributed by atoms with Crippen molar-refractivity contribution in [1.82, 2.24) is 0 Å². The molecule has 0 bridgehead atoms. The van der Waals surface area contributed by atoms with E-state index in [1.807, 2.05) is 24.3 Å². The van der Waals surface area contributed by atoms with Crippen molar-refractivity contribution in [3.8, 4) is 0 Å². The van der Waals surface area contributed by atoms with Gasteiger partial charge in [-0.1, -0.05) is 25.0 Å². The fourth-order valence-electron chi connectivity index (χ4n) is 3.25. The third-order valence-electron chi connectivity index (χ3n) is 4.67. The molecule has 2 atom stereocenters. The number of carbonyl (C=O) groups is 1. The summed E-state index contributed by atoms with van der Waals surface area (Å²) in [5.74, 6) is -0.0871. The van der Waals surface area contributed by atoms with Gasteiger partial charge >= 0.3 is 0 Å². The Bertz CT molecular complexity index is 512. The molecule has 1 aliphatic heterocycles. The molecule has 0 radical (unpaired) electrons. The molecule has 2 fully saturated rings. The Labute approximate surface area is 137 Å². The van der Waals surface area contributed by atoms with E-state index in [1.54, 1.807) is 0 Å². The van der Waals surface area contributed by atoms with E-state index in [9.17, 15) is 4.79 Å². The molecule has 23 heavy (non-hydrogen) atoms. The molecule has 1 aromatic rings. The first-order valence-corrected chi connectivity index (χ1v) is 8.61. The molecule has 126 valence electrons. The maximum Gasteiger partial charge on any atom is 0.253 e. The Morgan fingerprint density at radius 2 is 1.91 bits per heavy atom. The van der Waals surface area contributed by atoms with Crippen molar-refractivity contribution in [2.75, 3.05) is 11.9 Å². The van der Waals surface area contributed by atoms with Gasteiger partial charge in [0.1, 0.15) is 6.10 Å². The van der Waals surface area contributed by atoms with Gasteiger partial charge in [-0.25, -0.2) is 0 Å². The molecule has 1 heterocycles. The van der Waals surface area contributed by atoms with E-state index < -0.39 is 0 Å². The van der Waals surface area contributed by atoms with Crippen LogP contribution < -0.4 is 11.1 Å². The standard InChI is InChI=1S/C18H26N2O3/c19-11-16-9-10-17(23-16)18(21)20-14-7-5-13(6-8-14)12-22-15-3-1-2-4-15/h5-8,15-17H,1-4,9-12,19H2,(H,20,21)/t16-,17+/m1/s1. The van der Waals surface area contributed by atoms with E-state index in [0.717, 1.165) is 24.1 Å². The van der Waals surface area contributed by atoms with Gasteiger partial charge in [0.15, 0.2) is 0 Å².